The highest BCUT2D eigenvalue weighted by molar-refractivity contribution is 5.99. The van der Waals surface area contributed by atoms with Crippen molar-refractivity contribution in [1.82, 2.24) is 10.3 Å². The lowest BCUT2D eigenvalue weighted by atomic mass is 9.93. The number of hydrogen-bond donors (Lipinski definition) is 3. The lowest BCUT2D eigenvalue weighted by Gasteiger charge is -2.22. The number of aliphatic hydroxyl groups is 1. The second kappa shape index (κ2) is 13.2. The van der Waals surface area contributed by atoms with E-state index < -0.39 is 29.3 Å². The fourth-order valence-electron chi connectivity index (χ4n) is 4.61. The third-order valence-electron chi connectivity index (χ3n) is 7.14. The first-order valence-electron chi connectivity index (χ1n) is 13.7. The Kier molecular flexibility index (Phi) is 9.72. The van der Waals surface area contributed by atoms with E-state index in [-0.39, 0.29) is 42.8 Å². The SMILES string of the molecule is COc1cc(C(=O)NCC(CCO)c2cc(C(C)C)c(OC)c(-c3cc(F)c(F)c(F)c3)n2)cc(C=NC2CC2)c1N. The first-order chi connectivity index (χ1) is 20.1. The molecule has 1 amide bonds. The van der Waals surface area contributed by atoms with Crippen LogP contribution in [0.5, 0.6) is 11.5 Å². The highest BCUT2D eigenvalue weighted by Gasteiger charge is 2.25. The van der Waals surface area contributed by atoms with E-state index in [0.717, 1.165) is 25.0 Å². The van der Waals surface area contributed by atoms with Gasteiger partial charge in [-0.3, -0.25) is 9.79 Å². The van der Waals surface area contributed by atoms with Crippen LogP contribution in [-0.2, 0) is 0 Å². The molecule has 8 nitrogen and oxygen atoms in total. The van der Waals surface area contributed by atoms with Crippen LogP contribution >= 0.6 is 0 Å². The molecule has 224 valence electrons. The lowest BCUT2D eigenvalue weighted by Crippen LogP contribution is -2.29. The smallest absolute Gasteiger partial charge is 0.251 e. The first-order valence-corrected chi connectivity index (χ1v) is 13.7. The van der Waals surface area contributed by atoms with E-state index in [1.807, 2.05) is 13.8 Å². The molecule has 1 saturated carbocycles. The summed E-state index contributed by atoms with van der Waals surface area (Å²) in [7, 11) is 2.88. The Bertz CT molecular complexity index is 1470. The third kappa shape index (κ3) is 6.84. The van der Waals surface area contributed by atoms with Crippen LogP contribution in [0.25, 0.3) is 11.3 Å². The summed E-state index contributed by atoms with van der Waals surface area (Å²) < 4.78 is 53.0. The van der Waals surface area contributed by atoms with E-state index in [2.05, 4.69) is 15.3 Å². The maximum absolute atomic E-state index is 14.2. The van der Waals surface area contributed by atoms with Gasteiger partial charge >= 0.3 is 0 Å². The molecule has 42 heavy (non-hydrogen) atoms. The van der Waals surface area contributed by atoms with Crippen molar-refractivity contribution >= 4 is 17.8 Å². The highest BCUT2D eigenvalue weighted by atomic mass is 19.2. The van der Waals surface area contributed by atoms with Gasteiger partial charge in [-0.2, -0.15) is 0 Å². The van der Waals surface area contributed by atoms with Gasteiger partial charge in [-0.05, 0) is 55.5 Å². The van der Waals surface area contributed by atoms with Crippen molar-refractivity contribution in [2.24, 2.45) is 4.99 Å². The van der Waals surface area contributed by atoms with Crippen molar-refractivity contribution < 1.29 is 32.5 Å². The molecule has 0 bridgehead atoms. The van der Waals surface area contributed by atoms with Gasteiger partial charge in [0.15, 0.2) is 17.5 Å². The molecule has 2 aromatic carbocycles. The molecule has 1 atom stereocenters. The number of methoxy groups -OCH3 is 2. The minimum Gasteiger partial charge on any atom is -0.495 e. The van der Waals surface area contributed by atoms with Crippen LogP contribution in [0.4, 0.5) is 18.9 Å². The summed E-state index contributed by atoms with van der Waals surface area (Å²) in [4.78, 5) is 22.4. The van der Waals surface area contributed by atoms with Crippen LogP contribution in [0, 0.1) is 17.5 Å². The van der Waals surface area contributed by atoms with Crippen molar-refractivity contribution in [3.8, 4) is 22.8 Å². The van der Waals surface area contributed by atoms with Gasteiger partial charge in [0.25, 0.3) is 5.91 Å². The van der Waals surface area contributed by atoms with Crippen LogP contribution in [0.1, 0.15) is 72.1 Å². The van der Waals surface area contributed by atoms with E-state index in [9.17, 15) is 23.1 Å². The van der Waals surface area contributed by atoms with Crippen LogP contribution in [0.2, 0.25) is 0 Å². The summed E-state index contributed by atoms with van der Waals surface area (Å²) in [6, 6.07) is 6.95. The number of anilines is 1. The highest BCUT2D eigenvalue weighted by Crippen LogP contribution is 2.39. The third-order valence-corrected chi connectivity index (χ3v) is 7.14. The van der Waals surface area contributed by atoms with Crippen LogP contribution < -0.4 is 20.5 Å². The Morgan fingerprint density at radius 3 is 2.40 bits per heavy atom. The van der Waals surface area contributed by atoms with Gasteiger partial charge in [0, 0.05) is 53.2 Å². The predicted octanol–water partition coefficient (Wildman–Crippen LogP) is 5.37. The normalized spacial score (nSPS) is 13.9. The quantitative estimate of drug-likeness (QED) is 0.150. The monoisotopic (exact) mass is 584 g/mol. The second-order valence-electron chi connectivity index (χ2n) is 10.5. The van der Waals surface area contributed by atoms with Gasteiger partial charge in [-0.15, -0.1) is 0 Å². The van der Waals surface area contributed by atoms with Crippen molar-refractivity contribution in [3.05, 3.63) is 70.2 Å². The maximum atomic E-state index is 14.2. The summed E-state index contributed by atoms with van der Waals surface area (Å²) in [6.07, 6.45) is 3.92. The Balaban J connectivity index is 1.68. The zero-order valence-electron chi connectivity index (χ0n) is 24.0. The number of nitrogens with one attached hydrogen (secondary N) is 1. The molecule has 0 spiro atoms. The molecular weight excluding hydrogens is 549 g/mol. The molecule has 1 aromatic heterocycles. The summed E-state index contributed by atoms with van der Waals surface area (Å²) in [6.45, 7) is 3.70. The number of pyridine rings is 1. The molecule has 1 aliphatic carbocycles. The number of aliphatic imine (C=N–C) groups is 1. The van der Waals surface area contributed by atoms with Gasteiger partial charge in [-0.25, -0.2) is 18.2 Å². The van der Waals surface area contributed by atoms with Crippen molar-refractivity contribution in [2.45, 2.75) is 51.0 Å². The van der Waals surface area contributed by atoms with E-state index in [1.54, 1.807) is 24.4 Å². The Morgan fingerprint density at radius 1 is 1.14 bits per heavy atom. The number of amides is 1. The summed E-state index contributed by atoms with van der Waals surface area (Å²) in [5.41, 5.74) is 8.72. The zero-order valence-corrected chi connectivity index (χ0v) is 24.0. The maximum Gasteiger partial charge on any atom is 0.251 e. The zero-order chi connectivity index (χ0) is 30.6. The number of halogens is 3. The summed E-state index contributed by atoms with van der Waals surface area (Å²) in [5, 5.41) is 12.7. The number of nitrogens with two attached hydrogens (primary N) is 1. The lowest BCUT2D eigenvalue weighted by molar-refractivity contribution is 0.0948. The first kappa shape index (κ1) is 30.8. The number of aromatic nitrogens is 1. The van der Waals surface area contributed by atoms with Gasteiger partial charge in [0.2, 0.25) is 0 Å². The Morgan fingerprint density at radius 2 is 1.83 bits per heavy atom. The van der Waals surface area contributed by atoms with E-state index in [0.29, 0.717) is 39.6 Å². The van der Waals surface area contributed by atoms with Crippen LogP contribution in [0.3, 0.4) is 0 Å². The van der Waals surface area contributed by atoms with Crippen LogP contribution in [0.15, 0.2) is 35.3 Å². The molecule has 0 saturated heterocycles. The largest absolute Gasteiger partial charge is 0.495 e. The Hall–Kier alpha value is -4.12. The molecule has 0 radical (unpaired) electrons. The number of nitrogen functional groups attached to an aromatic ring is 1. The van der Waals surface area contributed by atoms with Crippen molar-refractivity contribution in [3.63, 3.8) is 0 Å². The molecule has 11 heteroatoms. The predicted molar refractivity (Wildman–Crippen MR) is 155 cm³/mol. The summed E-state index contributed by atoms with van der Waals surface area (Å²) >= 11 is 0. The van der Waals surface area contributed by atoms with Gasteiger partial charge in [0.1, 0.15) is 17.2 Å². The number of hydrogen-bond acceptors (Lipinski definition) is 7. The number of rotatable bonds is 12. The van der Waals surface area contributed by atoms with Gasteiger partial charge in [-0.1, -0.05) is 13.8 Å². The molecule has 1 aliphatic rings. The fraction of sp³-hybridized carbons (Fsp3) is 0.387. The fourth-order valence-corrected chi connectivity index (χ4v) is 4.61. The molecular formula is C31H35F3N4O4. The number of carbonyl (C=O) groups is 1. The van der Waals surface area contributed by atoms with Crippen molar-refractivity contribution in [1.29, 1.82) is 0 Å². The number of nitrogens with zero attached hydrogens (tertiary/aromatic N) is 2. The number of benzene rings is 2. The molecule has 1 fully saturated rings. The van der Waals surface area contributed by atoms with E-state index in [1.165, 1.54) is 14.2 Å². The molecule has 4 N–H and O–H groups in total. The molecule has 1 unspecified atom stereocenters. The van der Waals surface area contributed by atoms with E-state index in [4.69, 9.17) is 15.2 Å². The molecule has 1 heterocycles. The average Bonchev–Trinajstić information content (AvgIpc) is 3.81. The van der Waals surface area contributed by atoms with Gasteiger partial charge in [0.05, 0.1) is 25.9 Å². The second-order valence-corrected chi connectivity index (χ2v) is 10.5. The average molecular weight is 585 g/mol. The van der Waals surface area contributed by atoms with Crippen LogP contribution in [-0.4, -0.2) is 55.6 Å². The molecule has 4 rings (SSSR count). The molecule has 0 aliphatic heterocycles. The Labute approximate surface area is 242 Å². The number of ether oxygens (including phenoxy) is 2. The standard InChI is InChI=1S/C31H35F3N4O4/c1-16(2)22-13-25(38-29(30(22)42-4)18-10-23(32)27(34)24(33)11-18)17(7-8-39)14-37-31(40)19-9-20(15-36-21-5-6-21)28(35)26(12-19)41-3/h9-13,15-17,21,39H,5-8,14,35H2,1-4H3,(H,37,40). The molecule has 3 aromatic rings. The number of carbonyl (C=O) groups excluding carboxylic acids is 1. The summed E-state index contributed by atoms with van der Waals surface area (Å²) in [5.74, 6) is -4.64. The number of aliphatic hydroxyl groups excluding tert-OH is 1. The minimum absolute atomic E-state index is 0.00635. The van der Waals surface area contributed by atoms with Crippen molar-refractivity contribution in [2.75, 3.05) is 33.1 Å². The topological polar surface area (TPSA) is 119 Å². The van der Waals surface area contributed by atoms with E-state index >= 15 is 0 Å². The minimum atomic E-state index is -1.58. The van der Waals surface area contributed by atoms with Gasteiger partial charge < -0.3 is 25.6 Å².